The second-order valence-corrected chi connectivity index (χ2v) is 7.43. The fraction of sp³-hybridized carbons (Fsp3) is 0.429. The van der Waals surface area contributed by atoms with Crippen LogP contribution in [0.15, 0.2) is 23.8 Å². The van der Waals surface area contributed by atoms with Crippen LogP contribution in [0.1, 0.15) is 0 Å². The van der Waals surface area contributed by atoms with Gasteiger partial charge in [0.05, 0.1) is 6.67 Å². The predicted molar refractivity (Wildman–Crippen MR) is 46.9 cm³/mol. The zero-order valence-electron chi connectivity index (χ0n) is 6.57. The largest absolute Gasteiger partial charge is 0.373 e. The predicted octanol–water partition coefficient (Wildman–Crippen LogP) is 0.951. The molecule has 0 aromatic heterocycles. The Bertz CT molecular complexity index is 172. The molecule has 1 rings (SSSR count). The van der Waals surface area contributed by atoms with Crippen LogP contribution in [0.5, 0.6) is 0 Å². The molecule has 2 N–H and O–H groups in total. The quantitative estimate of drug-likeness (QED) is 0.579. The van der Waals surface area contributed by atoms with Gasteiger partial charge in [0, 0.05) is 11.5 Å². The maximum absolute atomic E-state index is 3.83. The zero-order chi connectivity index (χ0) is 7.61. The highest BCUT2D eigenvalue weighted by molar-refractivity contribution is 6.88. The van der Waals surface area contributed by atoms with E-state index in [0.29, 0.717) is 0 Å². The first-order valence-corrected chi connectivity index (χ1v) is 6.56. The summed E-state index contributed by atoms with van der Waals surface area (Å²) < 4.78 is 0. The molecule has 0 saturated heterocycles. The van der Waals surface area contributed by atoms with Crippen molar-refractivity contribution in [3.63, 3.8) is 0 Å². The fourth-order valence-electron chi connectivity index (χ4n) is 0.874. The van der Waals surface area contributed by atoms with E-state index in [1.807, 2.05) is 0 Å². The molecule has 0 bridgehead atoms. The molecule has 56 valence electrons. The van der Waals surface area contributed by atoms with Crippen LogP contribution in [0.25, 0.3) is 0 Å². The normalized spacial score (nSPS) is 17.2. The molecule has 0 saturated carbocycles. The minimum atomic E-state index is -1.29. The van der Waals surface area contributed by atoms with Crippen molar-refractivity contribution in [2.45, 2.75) is 13.1 Å². The third-order valence-electron chi connectivity index (χ3n) is 1.83. The van der Waals surface area contributed by atoms with Crippen LogP contribution in [-0.4, -0.2) is 14.7 Å². The molecular formula is C7H14N2Si. The van der Waals surface area contributed by atoms with Gasteiger partial charge in [-0.25, -0.2) is 0 Å². The smallest absolute Gasteiger partial charge is 0.125 e. The first-order chi connectivity index (χ1) is 4.67. The lowest BCUT2D eigenvalue weighted by Crippen LogP contribution is -2.33. The van der Waals surface area contributed by atoms with E-state index in [0.717, 1.165) is 6.67 Å². The number of nitrogens with one attached hydrogen (secondary N) is 2. The molecule has 0 unspecified atom stereocenters. The molecule has 0 aromatic carbocycles. The molecule has 2 nitrogen and oxygen atoms in total. The molecule has 0 amide bonds. The van der Waals surface area contributed by atoms with Gasteiger partial charge in [-0.1, -0.05) is 18.8 Å². The van der Waals surface area contributed by atoms with Crippen LogP contribution in [0.4, 0.5) is 0 Å². The maximum Gasteiger partial charge on any atom is 0.125 e. The van der Waals surface area contributed by atoms with Gasteiger partial charge >= 0.3 is 0 Å². The van der Waals surface area contributed by atoms with Gasteiger partial charge in [0.1, 0.15) is 8.07 Å². The summed E-state index contributed by atoms with van der Waals surface area (Å²) >= 11 is 0. The second-order valence-electron chi connectivity index (χ2n) is 3.04. The van der Waals surface area contributed by atoms with Crippen LogP contribution < -0.4 is 10.6 Å². The van der Waals surface area contributed by atoms with E-state index >= 15 is 0 Å². The highest BCUT2D eigenvalue weighted by Crippen LogP contribution is 2.13. The van der Waals surface area contributed by atoms with Crippen LogP contribution in [0, 0.1) is 0 Å². The monoisotopic (exact) mass is 154 g/mol. The van der Waals surface area contributed by atoms with Gasteiger partial charge in [0.2, 0.25) is 0 Å². The van der Waals surface area contributed by atoms with Crippen molar-refractivity contribution in [3.05, 3.63) is 23.8 Å². The molecule has 3 heteroatoms. The lowest BCUT2D eigenvalue weighted by atomic mass is 10.9. The lowest BCUT2D eigenvalue weighted by molar-refractivity contribution is 0.826. The number of hydrogen-bond acceptors (Lipinski definition) is 2. The van der Waals surface area contributed by atoms with Crippen LogP contribution >= 0.6 is 0 Å². The highest BCUT2D eigenvalue weighted by Gasteiger charge is 2.23. The highest BCUT2D eigenvalue weighted by atomic mass is 28.3. The van der Waals surface area contributed by atoms with Crippen molar-refractivity contribution in [1.29, 1.82) is 0 Å². The Morgan fingerprint density at radius 2 is 2.40 bits per heavy atom. The van der Waals surface area contributed by atoms with Gasteiger partial charge in [-0.3, -0.25) is 0 Å². The average Bonchev–Trinajstić information content (AvgIpc) is 2.38. The van der Waals surface area contributed by atoms with Crippen LogP contribution in [0.3, 0.4) is 0 Å². The van der Waals surface area contributed by atoms with Crippen molar-refractivity contribution in [3.8, 4) is 0 Å². The van der Waals surface area contributed by atoms with Gasteiger partial charge in [-0.15, -0.1) is 6.58 Å². The second kappa shape index (κ2) is 2.50. The van der Waals surface area contributed by atoms with Crippen molar-refractivity contribution in [1.82, 2.24) is 10.6 Å². The third kappa shape index (κ3) is 1.24. The molecule has 0 aromatic rings. The van der Waals surface area contributed by atoms with Gasteiger partial charge in [0.25, 0.3) is 0 Å². The SMILES string of the molecule is C=C[Si](C)(C)C1=CNCN1. The van der Waals surface area contributed by atoms with E-state index in [1.54, 1.807) is 0 Å². The summed E-state index contributed by atoms with van der Waals surface area (Å²) in [6, 6.07) is 0. The van der Waals surface area contributed by atoms with Gasteiger partial charge in [0.15, 0.2) is 0 Å². The van der Waals surface area contributed by atoms with E-state index in [-0.39, 0.29) is 0 Å². The van der Waals surface area contributed by atoms with E-state index in [9.17, 15) is 0 Å². The first-order valence-electron chi connectivity index (χ1n) is 3.48. The zero-order valence-corrected chi connectivity index (χ0v) is 7.57. The Morgan fingerprint density at radius 1 is 1.70 bits per heavy atom. The molecule has 1 heterocycles. The summed E-state index contributed by atoms with van der Waals surface area (Å²) in [5.41, 5.74) is 2.08. The summed E-state index contributed by atoms with van der Waals surface area (Å²) in [5, 5.41) is 7.76. The lowest BCUT2D eigenvalue weighted by Gasteiger charge is -2.18. The Hall–Kier alpha value is -0.703. The molecule has 1 aliphatic rings. The van der Waals surface area contributed by atoms with E-state index in [2.05, 4.69) is 42.2 Å². The van der Waals surface area contributed by atoms with E-state index in [1.165, 1.54) is 5.32 Å². The van der Waals surface area contributed by atoms with Crippen molar-refractivity contribution < 1.29 is 0 Å². The molecular weight excluding hydrogens is 140 g/mol. The minimum absolute atomic E-state index is 0.875. The third-order valence-corrected chi connectivity index (χ3v) is 4.56. The molecule has 0 atom stereocenters. The summed E-state index contributed by atoms with van der Waals surface area (Å²) in [6.07, 6.45) is 2.06. The van der Waals surface area contributed by atoms with E-state index in [4.69, 9.17) is 0 Å². The van der Waals surface area contributed by atoms with Crippen LogP contribution in [-0.2, 0) is 0 Å². The summed E-state index contributed by atoms with van der Waals surface area (Å²) in [6.45, 7) is 9.24. The van der Waals surface area contributed by atoms with Crippen molar-refractivity contribution >= 4 is 8.07 Å². The molecule has 0 aliphatic carbocycles. The van der Waals surface area contributed by atoms with Gasteiger partial charge in [-0.2, -0.15) is 0 Å². The number of rotatable bonds is 2. The summed E-state index contributed by atoms with van der Waals surface area (Å²) in [7, 11) is -1.29. The Labute approximate surface area is 63.0 Å². The first kappa shape index (κ1) is 7.40. The minimum Gasteiger partial charge on any atom is -0.373 e. The Morgan fingerprint density at radius 3 is 2.80 bits per heavy atom. The summed E-state index contributed by atoms with van der Waals surface area (Å²) in [4.78, 5) is 0. The molecule has 10 heavy (non-hydrogen) atoms. The Balaban J connectivity index is 2.71. The van der Waals surface area contributed by atoms with Crippen molar-refractivity contribution in [2.24, 2.45) is 0 Å². The number of hydrogen-bond donors (Lipinski definition) is 2. The van der Waals surface area contributed by atoms with Crippen LogP contribution in [0.2, 0.25) is 13.1 Å². The van der Waals surface area contributed by atoms with E-state index < -0.39 is 8.07 Å². The molecule has 0 fully saturated rings. The molecule has 0 spiro atoms. The Kier molecular flexibility index (Phi) is 1.85. The summed E-state index contributed by atoms with van der Waals surface area (Å²) in [5.74, 6) is 0. The molecule has 0 radical (unpaired) electrons. The fourth-order valence-corrected chi connectivity index (χ4v) is 2.11. The van der Waals surface area contributed by atoms with Gasteiger partial charge in [-0.05, 0) is 0 Å². The standard InChI is InChI=1S/C7H14N2Si/c1-4-10(2,3)7-5-8-6-9-7/h4-5,8-9H,1,6H2,2-3H3. The molecule has 1 aliphatic heterocycles. The topological polar surface area (TPSA) is 24.1 Å². The van der Waals surface area contributed by atoms with Crippen molar-refractivity contribution in [2.75, 3.05) is 6.67 Å². The maximum atomic E-state index is 3.83. The average molecular weight is 154 g/mol. The van der Waals surface area contributed by atoms with Gasteiger partial charge < -0.3 is 10.6 Å².